The van der Waals surface area contributed by atoms with E-state index in [4.69, 9.17) is 4.74 Å². The van der Waals surface area contributed by atoms with E-state index in [-0.39, 0.29) is 0 Å². The zero-order valence-corrected chi connectivity index (χ0v) is 13.2. The van der Waals surface area contributed by atoms with E-state index in [0.717, 1.165) is 18.4 Å². The molecule has 0 spiro atoms. The number of nitrogens with zero attached hydrogens (tertiary/aromatic N) is 1. The third-order valence-corrected chi connectivity index (χ3v) is 3.98. The molecule has 1 fully saturated rings. The van der Waals surface area contributed by atoms with Crippen molar-refractivity contribution in [2.45, 2.75) is 58.8 Å². The van der Waals surface area contributed by atoms with Crippen LogP contribution < -0.4 is 0 Å². The van der Waals surface area contributed by atoms with Gasteiger partial charge in [-0.05, 0) is 31.1 Å². The van der Waals surface area contributed by atoms with Crippen molar-refractivity contribution in [1.82, 2.24) is 4.98 Å². The molecule has 0 unspecified atom stereocenters. The first-order chi connectivity index (χ1) is 8.54. The van der Waals surface area contributed by atoms with Crippen molar-refractivity contribution >= 4 is 11.3 Å². The van der Waals surface area contributed by atoms with Crippen LogP contribution in [0.2, 0.25) is 0 Å². The van der Waals surface area contributed by atoms with E-state index >= 15 is 0 Å². The first kappa shape index (κ1) is 15.6. The van der Waals surface area contributed by atoms with Crippen LogP contribution in [0.1, 0.15) is 69.5 Å². The minimum atomic E-state index is 0.596. The maximum Gasteiger partial charge on any atom is 0.0959 e. The minimum Gasteiger partial charge on any atom is -0.385 e. The van der Waals surface area contributed by atoms with Crippen LogP contribution in [0.5, 0.6) is 0 Å². The lowest BCUT2D eigenvalue weighted by Gasteiger charge is -1.99. The van der Waals surface area contributed by atoms with Crippen LogP contribution in [0.15, 0.2) is 5.38 Å². The van der Waals surface area contributed by atoms with Gasteiger partial charge in [-0.1, -0.05) is 27.7 Å². The second kappa shape index (κ2) is 7.90. The largest absolute Gasteiger partial charge is 0.385 e. The molecule has 1 aromatic rings. The predicted octanol–water partition coefficient (Wildman–Crippen LogP) is 4.82. The Morgan fingerprint density at radius 1 is 1.33 bits per heavy atom. The van der Waals surface area contributed by atoms with E-state index in [2.05, 4.69) is 38.1 Å². The van der Waals surface area contributed by atoms with Crippen molar-refractivity contribution in [2.24, 2.45) is 5.92 Å². The molecular formula is C15H27NOS. The van der Waals surface area contributed by atoms with Crippen LogP contribution in [0, 0.1) is 5.92 Å². The Balaban J connectivity index is 0.000000203. The van der Waals surface area contributed by atoms with Gasteiger partial charge in [-0.25, -0.2) is 4.98 Å². The van der Waals surface area contributed by atoms with Crippen LogP contribution in [0.25, 0.3) is 0 Å². The van der Waals surface area contributed by atoms with Crippen molar-refractivity contribution in [3.05, 3.63) is 16.1 Å². The normalized spacial score (nSPS) is 14.8. The molecule has 0 bridgehead atoms. The van der Waals surface area contributed by atoms with E-state index in [0.29, 0.717) is 5.92 Å². The number of thiazole rings is 1. The number of hydrogen-bond donors (Lipinski definition) is 0. The Morgan fingerprint density at radius 3 is 2.33 bits per heavy atom. The summed E-state index contributed by atoms with van der Waals surface area (Å²) in [7, 11) is 1.74. The van der Waals surface area contributed by atoms with Crippen LogP contribution in [0.3, 0.4) is 0 Å². The Labute approximate surface area is 116 Å². The molecular weight excluding hydrogens is 242 g/mol. The lowest BCUT2D eigenvalue weighted by atomic mass is 10.1. The molecule has 1 saturated carbocycles. The average molecular weight is 269 g/mol. The second-order valence-electron chi connectivity index (χ2n) is 5.71. The summed E-state index contributed by atoms with van der Waals surface area (Å²) >= 11 is 1.84. The number of methoxy groups -OCH3 is 1. The standard InChI is InChI=1S/C9H13NS.C6H14O/c1-6(2)8-5-11-9(10-8)7-3-4-7;1-6(2)4-5-7-3/h5-7H,3-4H2,1-2H3;6H,4-5H2,1-3H3. The third kappa shape index (κ3) is 5.96. The Hall–Kier alpha value is -0.410. The Bertz CT molecular complexity index is 312. The fourth-order valence-electron chi connectivity index (χ4n) is 1.44. The summed E-state index contributed by atoms with van der Waals surface area (Å²) < 4.78 is 4.85. The fraction of sp³-hybridized carbons (Fsp3) is 0.800. The summed E-state index contributed by atoms with van der Waals surface area (Å²) in [6.07, 6.45) is 3.91. The van der Waals surface area contributed by atoms with Gasteiger partial charge in [0.1, 0.15) is 0 Å². The number of rotatable bonds is 5. The van der Waals surface area contributed by atoms with Gasteiger partial charge in [-0.2, -0.15) is 0 Å². The monoisotopic (exact) mass is 269 g/mol. The summed E-state index contributed by atoms with van der Waals surface area (Å²) in [4.78, 5) is 4.59. The van der Waals surface area contributed by atoms with E-state index in [9.17, 15) is 0 Å². The van der Waals surface area contributed by atoms with E-state index in [1.807, 2.05) is 11.3 Å². The van der Waals surface area contributed by atoms with Crippen molar-refractivity contribution in [3.63, 3.8) is 0 Å². The van der Waals surface area contributed by atoms with Gasteiger partial charge in [0.25, 0.3) is 0 Å². The summed E-state index contributed by atoms with van der Waals surface area (Å²) in [6, 6.07) is 0. The van der Waals surface area contributed by atoms with Gasteiger partial charge in [0.2, 0.25) is 0 Å². The molecule has 0 atom stereocenters. The highest BCUT2D eigenvalue weighted by molar-refractivity contribution is 7.09. The zero-order chi connectivity index (χ0) is 13.5. The van der Waals surface area contributed by atoms with E-state index < -0.39 is 0 Å². The summed E-state index contributed by atoms with van der Waals surface area (Å²) in [5.41, 5.74) is 1.27. The lowest BCUT2D eigenvalue weighted by Crippen LogP contribution is -1.93. The molecule has 18 heavy (non-hydrogen) atoms. The molecule has 2 rings (SSSR count). The Morgan fingerprint density at radius 2 is 2.00 bits per heavy atom. The highest BCUT2D eigenvalue weighted by Gasteiger charge is 2.26. The minimum absolute atomic E-state index is 0.596. The van der Waals surface area contributed by atoms with Crippen molar-refractivity contribution in [2.75, 3.05) is 13.7 Å². The number of ether oxygens (including phenoxy) is 1. The van der Waals surface area contributed by atoms with Gasteiger partial charge in [0.05, 0.1) is 10.7 Å². The van der Waals surface area contributed by atoms with Gasteiger partial charge >= 0.3 is 0 Å². The topological polar surface area (TPSA) is 22.1 Å². The van der Waals surface area contributed by atoms with Crippen molar-refractivity contribution in [1.29, 1.82) is 0 Å². The Kier molecular flexibility index (Phi) is 6.87. The molecule has 0 amide bonds. The van der Waals surface area contributed by atoms with Gasteiger partial charge < -0.3 is 4.74 Å². The highest BCUT2D eigenvalue weighted by Crippen LogP contribution is 2.41. The number of hydrogen-bond acceptors (Lipinski definition) is 3. The first-order valence-electron chi connectivity index (χ1n) is 6.98. The fourth-order valence-corrected chi connectivity index (χ4v) is 2.59. The molecule has 3 heteroatoms. The summed E-state index contributed by atoms with van der Waals surface area (Å²) in [5.74, 6) is 2.20. The first-order valence-corrected chi connectivity index (χ1v) is 7.86. The molecule has 0 N–H and O–H groups in total. The maximum atomic E-state index is 4.85. The van der Waals surface area contributed by atoms with Gasteiger partial charge in [0, 0.05) is 25.0 Å². The summed E-state index contributed by atoms with van der Waals surface area (Å²) in [5, 5.41) is 3.58. The molecule has 104 valence electrons. The van der Waals surface area contributed by atoms with Crippen molar-refractivity contribution < 1.29 is 4.74 Å². The number of aromatic nitrogens is 1. The molecule has 0 radical (unpaired) electrons. The average Bonchev–Trinajstić information content (AvgIpc) is 3.05. The molecule has 2 nitrogen and oxygen atoms in total. The predicted molar refractivity (Wildman–Crippen MR) is 79.5 cm³/mol. The SMILES string of the molecule is CC(C)c1csc(C2CC2)n1.COCCC(C)C. The molecule has 0 aromatic carbocycles. The molecule has 1 heterocycles. The van der Waals surface area contributed by atoms with Gasteiger partial charge in [0.15, 0.2) is 0 Å². The second-order valence-corrected chi connectivity index (χ2v) is 6.60. The molecule has 1 aliphatic rings. The quantitative estimate of drug-likeness (QED) is 0.764. The van der Waals surface area contributed by atoms with Gasteiger partial charge in [-0.15, -0.1) is 11.3 Å². The molecule has 1 aromatic heterocycles. The van der Waals surface area contributed by atoms with Crippen LogP contribution in [-0.2, 0) is 4.74 Å². The van der Waals surface area contributed by atoms with E-state index in [1.54, 1.807) is 7.11 Å². The van der Waals surface area contributed by atoms with Crippen molar-refractivity contribution in [3.8, 4) is 0 Å². The highest BCUT2D eigenvalue weighted by atomic mass is 32.1. The summed E-state index contributed by atoms with van der Waals surface area (Å²) in [6.45, 7) is 9.69. The van der Waals surface area contributed by atoms with E-state index in [1.165, 1.54) is 30.0 Å². The molecule has 0 aliphatic heterocycles. The smallest absolute Gasteiger partial charge is 0.0959 e. The lowest BCUT2D eigenvalue weighted by molar-refractivity contribution is 0.183. The molecule has 1 aliphatic carbocycles. The third-order valence-electron chi connectivity index (χ3n) is 2.96. The van der Waals surface area contributed by atoms with Crippen LogP contribution in [0.4, 0.5) is 0 Å². The maximum absolute atomic E-state index is 4.85. The van der Waals surface area contributed by atoms with Gasteiger partial charge in [-0.3, -0.25) is 0 Å². The molecule has 0 saturated heterocycles. The zero-order valence-electron chi connectivity index (χ0n) is 12.4. The van der Waals surface area contributed by atoms with Crippen LogP contribution >= 0.6 is 11.3 Å². The van der Waals surface area contributed by atoms with Crippen LogP contribution in [-0.4, -0.2) is 18.7 Å².